The quantitative estimate of drug-likeness (QED) is 0.173. The minimum atomic E-state index is -0.581. The minimum Gasteiger partial charge on any atom is -0.494 e. The molecule has 0 aliphatic carbocycles. The Kier molecular flexibility index (Phi) is 8.34. The molecule has 0 aliphatic rings. The Labute approximate surface area is 197 Å². The summed E-state index contributed by atoms with van der Waals surface area (Å²) in [5, 5.41) is 10.1. The van der Waals surface area contributed by atoms with E-state index < -0.39 is 5.97 Å². The lowest BCUT2D eigenvalue weighted by molar-refractivity contribution is -0.136. The molecular formula is C26H22ClNO5. The molecule has 0 heterocycles. The fourth-order valence-electron chi connectivity index (χ4n) is 2.95. The van der Waals surface area contributed by atoms with Gasteiger partial charge in [0.05, 0.1) is 25.4 Å². The third kappa shape index (κ3) is 6.76. The van der Waals surface area contributed by atoms with Gasteiger partial charge in [0.1, 0.15) is 11.5 Å². The van der Waals surface area contributed by atoms with E-state index >= 15 is 0 Å². The number of hydrogen-bond acceptors (Lipinski definition) is 6. The van der Waals surface area contributed by atoms with Gasteiger partial charge >= 0.3 is 5.97 Å². The number of nitrogens with zero attached hydrogens (tertiary/aromatic N) is 1. The SMILES string of the molecule is CCOc1ccc(OCC(=O)Oc2ccc(/C=C(/C#N)c3cccc(Cl)c3)cc2OC)cc1. The molecule has 3 rings (SSSR count). The van der Waals surface area contributed by atoms with Crippen molar-refractivity contribution in [3.63, 3.8) is 0 Å². The number of rotatable bonds is 9. The van der Waals surface area contributed by atoms with Crippen LogP contribution < -0.4 is 18.9 Å². The molecule has 33 heavy (non-hydrogen) atoms. The van der Waals surface area contributed by atoms with E-state index in [9.17, 15) is 10.1 Å². The van der Waals surface area contributed by atoms with Crippen LogP contribution in [0.15, 0.2) is 66.7 Å². The molecule has 0 saturated carbocycles. The second-order valence-corrected chi connectivity index (χ2v) is 7.19. The molecule has 0 N–H and O–H groups in total. The van der Waals surface area contributed by atoms with Crippen molar-refractivity contribution in [1.29, 1.82) is 5.26 Å². The van der Waals surface area contributed by atoms with Crippen molar-refractivity contribution in [3.05, 3.63) is 82.9 Å². The molecule has 3 aromatic rings. The third-order valence-corrected chi connectivity index (χ3v) is 4.71. The zero-order valence-corrected chi connectivity index (χ0v) is 19.0. The second kappa shape index (κ2) is 11.6. The minimum absolute atomic E-state index is 0.246. The Hall–Kier alpha value is -3.95. The number of halogens is 1. The summed E-state index contributed by atoms with van der Waals surface area (Å²) in [7, 11) is 1.47. The Morgan fingerprint density at radius 3 is 2.36 bits per heavy atom. The van der Waals surface area contributed by atoms with Crippen molar-refractivity contribution in [1.82, 2.24) is 0 Å². The predicted molar refractivity (Wildman–Crippen MR) is 127 cm³/mol. The molecule has 0 radical (unpaired) electrons. The van der Waals surface area contributed by atoms with E-state index in [4.69, 9.17) is 30.5 Å². The van der Waals surface area contributed by atoms with Gasteiger partial charge in [0.15, 0.2) is 18.1 Å². The number of methoxy groups -OCH3 is 1. The molecule has 3 aromatic carbocycles. The van der Waals surface area contributed by atoms with E-state index in [1.807, 2.05) is 6.92 Å². The summed E-state index contributed by atoms with van der Waals surface area (Å²) in [6.07, 6.45) is 1.70. The van der Waals surface area contributed by atoms with Crippen LogP contribution in [0.2, 0.25) is 5.02 Å². The number of benzene rings is 3. The molecule has 0 bridgehead atoms. The van der Waals surface area contributed by atoms with Gasteiger partial charge in [-0.05, 0) is 72.7 Å². The average Bonchev–Trinajstić information content (AvgIpc) is 2.83. The number of carbonyl (C=O) groups excluding carboxylic acids is 1. The summed E-state index contributed by atoms with van der Waals surface area (Å²) in [6.45, 7) is 2.20. The largest absolute Gasteiger partial charge is 0.494 e. The van der Waals surface area contributed by atoms with E-state index in [2.05, 4.69) is 6.07 Å². The highest BCUT2D eigenvalue weighted by Gasteiger charge is 2.12. The van der Waals surface area contributed by atoms with Gasteiger partial charge in [0.25, 0.3) is 0 Å². The number of esters is 1. The Morgan fingerprint density at radius 2 is 1.73 bits per heavy atom. The van der Waals surface area contributed by atoms with Crippen molar-refractivity contribution in [2.24, 2.45) is 0 Å². The fraction of sp³-hybridized carbons (Fsp3) is 0.154. The highest BCUT2D eigenvalue weighted by atomic mass is 35.5. The van der Waals surface area contributed by atoms with Crippen LogP contribution in [-0.4, -0.2) is 26.3 Å². The maximum absolute atomic E-state index is 12.3. The van der Waals surface area contributed by atoms with Crippen LogP contribution in [0.4, 0.5) is 0 Å². The summed E-state index contributed by atoms with van der Waals surface area (Å²) in [5.74, 6) is 1.26. The molecule has 0 atom stereocenters. The molecule has 0 amide bonds. The molecule has 0 fully saturated rings. The molecule has 0 aliphatic heterocycles. The standard InChI is InChI=1S/C26H22ClNO5/c1-3-31-22-8-10-23(11-9-22)32-17-26(29)33-24-12-7-18(14-25(24)30-2)13-20(16-28)19-5-4-6-21(27)15-19/h4-15H,3,17H2,1-2H3/b20-13-. The van der Waals surface area contributed by atoms with Gasteiger partial charge in [-0.25, -0.2) is 4.79 Å². The normalized spacial score (nSPS) is 10.8. The van der Waals surface area contributed by atoms with Crippen molar-refractivity contribution < 1.29 is 23.7 Å². The summed E-state index contributed by atoms with van der Waals surface area (Å²) in [4.78, 5) is 12.3. The van der Waals surface area contributed by atoms with Crippen LogP contribution in [0.5, 0.6) is 23.0 Å². The first-order valence-corrected chi connectivity index (χ1v) is 10.5. The molecular weight excluding hydrogens is 442 g/mol. The lowest BCUT2D eigenvalue weighted by atomic mass is 10.0. The van der Waals surface area contributed by atoms with Crippen LogP contribution in [0, 0.1) is 11.3 Å². The van der Waals surface area contributed by atoms with Crippen LogP contribution in [0.1, 0.15) is 18.1 Å². The van der Waals surface area contributed by atoms with Crippen LogP contribution in [0.25, 0.3) is 11.6 Å². The lowest BCUT2D eigenvalue weighted by Gasteiger charge is -2.11. The van der Waals surface area contributed by atoms with Gasteiger partial charge in [-0.2, -0.15) is 5.26 Å². The van der Waals surface area contributed by atoms with Gasteiger partial charge in [0.2, 0.25) is 0 Å². The highest BCUT2D eigenvalue weighted by Crippen LogP contribution is 2.30. The number of hydrogen-bond donors (Lipinski definition) is 0. The number of nitriles is 1. The third-order valence-electron chi connectivity index (χ3n) is 4.47. The van der Waals surface area contributed by atoms with Crippen molar-refractivity contribution in [3.8, 4) is 29.1 Å². The Morgan fingerprint density at radius 1 is 1.00 bits per heavy atom. The van der Waals surface area contributed by atoms with E-state index in [1.165, 1.54) is 7.11 Å². The number of ether oxygens (including phenoxy) is 4. The molecule has 6 nitrogen and oxygen atoms in total. The summed E-state index contributed by atoms with van der Waals surface area (Å²) in [5.41, 5.74) is 1.84. The van der Waals surface area contributed by atoms with E-state index in [0.717, 1.165) is 5.75 Å². The highest BCUT2D eigenvalue weighted by molar-refractivity contribution is 6.30. The first-order valence-electron chi connectivity index (χ1n) is 10.1. The van der Waals surface area contributed by atoms with E-state index in [0.29, 0.717) is 39.8 Å². The van der Waals surface area contributed by atoms with Gasteiger partial charge < -0.3 is 18.9 Å². The molecule has 0 saturated heterocycles. The van der Waals surface area contributed by atoms with Crippen LogP contribution >= 0.6 is 11.6 Å². The van der Waals surface area contributed by atoms with E-state index in [1.54, 1.807) is 72.8 Å². The number of allylic oxidation sites excluding steroid dienone is 1. The molecule has 168 valence electrons. The first kappa shape index (κ1) is 23.7. The van der Waals surface area contributed by atoms with Crippen LogP contribution in [0.3, 0.4) is 0 Å². The first-order chi connectivity index (χ1) is 16.0. The van der Waals surface area contributed by atoms with Gasteiger partial charge in [-0.3, -0.25) is 0 Å². The van der Waals surface area contributed by atoms with Gasteiger partial charge in [-0.15, -0.1) is 0 Å². The molecule has 7 heteroatoms. The molecule has 0 spiro atoms. The monoisotopic (exact) mass is 463 g/mol. The average molecular weight is 464 g/mol. The fourth-order valence-corrected chi connectivity index (χ4v) is 3.14. The van der Waals surface area contributed by atoms with E-state index in [-0.39, 0.29) is 12.4 Å². The van der Waals surface area contributed by atoms with Gasteiger partial charge in [0, 0.05) is 5.02 Å². The zero-order chi connectivity index (χ0) is 23.6. The smallest absolute Gasteiger partial charge is 0.349 e. The topological polar surface area (TPSA) is 77.8 Å². The second-order valence-electron chi connectivity index (χ2n) is 6.76. The Balaban J connectivity index is 1.67. The van der Waals surface area contributed by atoms with Crippen LogP contribution in [-0.2, 0) is 4.79 Å². The summed E-state index contributed by atoms with van der Waals surface area (Å²) in [6, 6.07) is 21.2. The zero-order valence-electron chi connectivity index (χ0n) is 18.2. The molecule has 0 unspecified atom stereocenters. The van der Waals surface area contributed by atoms with Gasteiger partial charge in [-0.1, -0.05) is 29.8 Å². The maximum Gasteiger partial charge on any atom is 0.349 e. The maximum atomic E-state index is 12.3. The summed E-state index contributed by atoms with van der Waals surface area (Å²) >= 11 is 6.03. The lowest BCUT2D eigenvalue weighted by Crippen LogP contribution is -2.18. The molecule has 0 aromatic heterocycles. The summed E-state index contributed by atoms with van der Waals surface area (Å²) < 4.78 is 21.6. The van der Waals surface area contributed by atoms with Crippen molar-refractivity contribution >= 4 is 29.2 Å². The Bertz CT molecular complexity index is 1180. The predicted octanol–water partition coefficient (Wildman–Crippen LogP) is 5.80. The van der Waals surface area contributed by atoms with Crippen molar-refractivity contribution in [2.45, 2.75) is 6.92 Å². The van der Waals surface area contributed by atoms with Crippen molar-refractivity contribution in [2.75, 3.05) is 20.3 Å². The number of carbonyl (C=O) groups is 1.